The molecule has 0 amide bonds. The number of fused-ring (bicyclic) bond motifs is 1. The Morgan fingerprint density at radius 1 is 1.14 bits per heavy atom. The van der Waals surface area contributed by atoms with Gasteiger partial charge in [0.25, 0.3) is 0 Å². The molecule has 0 unspecified atom stereocenters. The van der Waals surface area contributed by atoms with Crippen LogP contribution in [0, 0.1) is 0 Å². The highest BCUT2D eigenvalue weighted by Gasteiger charge is 2.15. The molecule has 0 spiro atoms. The largest absolute Gasteiger partial charge is 0.330 e. The van der Waals surface area contributed by atoms with E-state index in [4.69, 9.17) is 10.7 Å². The maximum atomic E-state index is 5.74. The molecule has 3 rings (SSSR count). The van der Waals surface area contributed by atoms with Crippen molar-refractivity contribution in [1.29, 1.82) is 0 Å². The normalized spacial score (nSPS) is 11.1. The van der Waals surface area contributed by atoms with Gasteiger partial charge in [0.1, 0.15) is 11.3 Å². The topological polar surface area (TPSA) is 56.7 Å². The molecule has 0 aliphatic carbocycles. The van der Waals surface area contributed by atoms with Crippen LogP contribution in [0.15, 0.2) is 42.6 Å². The smallest absolute Gasteiger partial charge is 0.160 e. The van der Waals surface area contributed by atoms with E-state index >= 15 is 0 Å². The maximum Gasteiger partial charge on any atom is 0.160 e. The Morgan fingerprint density at radius 2 is 2.00 bits per heavy atom. The first-order valence-corrected chi connectivity index (χ1v) is 7.44. The van der Waals surface area contributed by atoms with Gasteiger partial charge in [-0.3, -0.25) is 0 Å². The Hall–Kier alpha value is -2.20. The van der Waals surface area contributed by atoms with E-state index in [1.54, 1.807) is 0 Å². The van der Waals surface area contributed by atoms with E-state index in [1.807, 2.05) is 18.3 Å². The van der Waals surface area contributed by atoms with Gasteiger partial charge in [0.2, 0.25) is 0 Å². The zero-order valence-corrected chi connectivity index (χ0v) is 12.3. The summed E-state index contributed by atoms with van der Waals surface area (Å²) >= 11 is 0. The van der Waals surface area contributed by atoms with Gasteiger partial charge in [0.05, 0.1) is 0 Å². The van der Waals surface area contributed by atoms with E-state index in [2.05, 4.69) is 40.7 Å². The fourth-order valence-corrected chi connectivity index (χ4v) is 2.71. The van der Waals surface area contributed by atoms with Crippen molar-refractivity contribution >= 4 is 11.2 Å². The van der Waals surface area contributed by atoms with Crippen LogP contribution in [0.2, 0.25) is 0 Å². The van der Waals surface area contributed by atoms with Crippen LogP contribution in [0.1, 0.15) is 18.9 Å². The summed E-state index contributed by atoms with van der Waals surface area (Å²) in [5.74, 6) is 0.995. The number of hydrogen-bond donors (Lipinski definition) is 1. The zero-order valence-electron chi connectivity index (χ0n) is 12.3. The molecule has 0 bridgehead atoms. The molecule has 2 heterocycles. The molecule has 2 N–H and O–H groups in total. The second-order valence-corrected chi connectivity index (χ2v) is 5.13. The number of aromatic nitrogens is 3. The Balaban J connectivity index is 2.22. The van der Waals surface area contributed by atoms with E-state index in [0.29, 0.717) is 6.54 Å². The van der Waals surface area contributed by atoms with Crippen LogP contribution in [0.25, 0.3) is 22.6 Å². The highest BCUT2D eigenvalue weighted by molar-refractivity contribution is 5.78. The molecular weight excluding hydrogens is 260 g/mol. The van der Waals surface area contributed by atoms with Crippen LogP contribution in [-0.4, -0.2) is 21.1 Å². The summed E-state index contributed by atoms with van der Waals surface area (Å²) in [5, 5.41) is 0. The molecule has 0 aliphatic rings. The Kier molecular flexibility index (Phi) is 3.97. The van der Waals surface area contributed by atoms with Crippen LogP contribution in [0.3, 0.4) is 0 Å². The SMILES string of the molecule is CCCn1c(-c2ccccc2CCN)nc2cccnc21. The Bertz CT molecular complexity index is 745. The van der Waals surface area contributed by atoms with Gasteiger partial charge < -0.3 is 10.3 Å². The fraction of sp³-hybridized carbons (Fsp3) is 0.294. The summed E-state index contributed by atoms with van der Waals surface area (Å²) in [7, 11) is 0. The van der Waals surface area contributed by atoms with Crippen molar-refractivity contribution in [2.24, 2.45) is 5.73 Å². The lowest BCUT2D eigenvalue weighted by atomic mass is 10.0. The van der Waals surface area contributed by atoms with Gasteiger partial charge in [-0.05, 0) is 37.1 Å². The highest BCUT2D eigenvalue weighted by Crippen LogP contribution is 2.27. The lowest BCUT2D eigenvalue weighted by Crippen LogP contribution is -2.06. The molecule has 21 heavy (non-hydrogen) atoms. The molecule has 0 aliphatic heterocycles. The van der Waals surface area contributed by atoms with E-state index in [9.17, 15) is 0 Å². The number of benzene rings is 1. The number of imidazole rings is 1. The third-order valence-electron chi connectivity index (χ3n) is 3.62. The molecule has 1 aromatic carbocycles. The molecule has 4 nitrogen and oxygen atoms in total. The van der Waals surface area contributed by atoms with E-state index in [0.717, 1.165) is 41.9 Å². The van der Waals surface area contributed by atoms with Crippen molar-refractivity contribution in [1.82, 2.24) is 14.5 Å². The average molecular weight is 280 g/mol. The fourth-order valence-electron chi connectivity index (χ4n) is 2.71. The van der Waals surface area contributed by atoms with Crippen LogP contribution in [0.5, 0.6) is 0 Å². The number of nitrogens with zero attached hydrogens (tertiary/aromatic N) is 3. The van der Waals surface area contributed by atoms with Crippen molar-refractivity contribution in [2.45, 2.75) is 26.3 Å². The summed E-state index contributed by atoms with van der Waals surface area (Å²) in [5.41, 5.74) is 10.0. The third kappa shape index (κ3) is 2.54. The van der Waals surface area contributed by atoms with Crippen LogP contribution < -0.4 is 5.73 Å². The monoisotopic (exact) mass is 280 g/mol. The maximum absolute atomic E-state index is 5.74. The standard InChI is InChI=1S/C17H20N4/c1-2-12-21-16(20-15-8-5-11-19-17(15)21)14-7-4-3-6-13(14)9-10-18/h3-8,11H,2,9-10,12,18H2,1H3. The summed E-state index contributed by atoms with van der Waals surface area (Å²) in [6.07, 6.45) is 3.73. The summed E-state index contributed by atoms with van der Waals surface area (Å²) < 4.78 is 2.21. The van der Waals surface area contributed by atoms with Gasteiger partial charge in [-0.1, -0.05) is 31.2 Å². The van der Waals surface area contributed by atoms with Gasteiger partial charge in [-0.2, -0.15) is 0 Å². The summed E-state index contributed by atoms with van der Waals surface area (Å²) in [4.78, 5) is 9.30. The lowest BCUT2D eigenvalue weighted by Gasteiger charge is -2.11. The number of hydrogen-bond acceptors (Lipinski definition) is 3. The number of aryl methyl sites for hydroxylation is 1. The minimum atomic E-state index is 0.642. The highest BCUT2D eigenvalue weighted by atomic mass is 15.1. The van der Waals surface area contributed by atoms with Crippen molar-refractivity contribution < 1.29 is 0 Å². The average Bonchev–Trinajstić information content (AvgIpc) is 2.88. The number of rotatable bonds is 5. The first-order chi connectivity index (χ1) is 10.3. The molecule has 0 radical (unpaired) electrons. The van der Waals surface area contributed by atoms with Crippen molar-refractivity contribution in [3.63, 3.8) is 0 Å². The Morgan fingerprint density at radius 3 is 2.81 bits per heavy atom. The number of nitrogens with two attached hydrogens (primary N) is 1. The quantitative estimate of drug-likeness (QED) is 0.781. The minimum Gasteiger partial charge on any atom is -0.330 e. The van der Waals surface area contributed by atoms with Crippen LogP contribution in [0.4, 0.5) is 0 Å². The predicted octanol–water partition coefficient (Wildman–Crippen LogP) is 3.01. The first-order valence-electron chi connectivity index (χ1n) is 7.44. The summed E-state index contributed by atoms with van der Waals surface area (Å²) in [6, 6.07) is 12.3. The molecule has 2 aromatic heterocycles. The van der Waals surface area contributed by atoms with E-state index < -0.39 is 0 Å². The van der Waals surface area contributed by atoms with Gasteiger partial charge >= 0.3 is 0 Å². The van der Waals surface area contributed by atoms with Gasteiger partial charge in [-0.25, -0.2) is 9.97 Å². The summed E-state index contributed by atoms with van der Waals surface area (Å²) in [6.45, 7) is 3.73. The second-order valence-electron chi connectivity index (χ2n) is 5.13. The lowest BCUT2D eigenvalue weighted by molar-refractivity contribution is 0.698. The van der Waals surface area contributed by atoms with Gasteiger partial charge in [0.15, 0.2) is 5.65 Å². The Labute approximate surface area is 124 Å². The van der Waals surface area contributed by atoms with E-state index in [1.165, 1.54) is 5.56 Å². The molecular formula is C17H20N4. The van der Waals surface area contributed by atoms with Crippen molar-refractivity contribution in [3.8, 4) is 11.4 Å². The van der Waals surface area contributed by atoms with Gasteiger partial charge in [-0.15, -0.1) is 0 Å². The number of pyridine rings is 1. The third-order valence-corrected chi connectivity index (χ3v) is 3.62. The van der Waals surface area contributed by atoms with Crippen molar-refractivity contribution in [3.05, 3.63) is 48.2 Å². The van der Waals surface area contributed by atoms with Crippen LogP contribution in [-0.2, 0) is 13.0 Å². The molecule has 3 aromatic rings. The molecule has 0 saturated heterocycles. The van der Waals surface area contributed by atoms with Crippen molar-refractivity contribution in [2.75, 3.05) is 6.54 Å². The van der Waals surface area contributed by atoms with E-state index in [-0.39, 0.29) is 0 Å². The molecule has 108 valence electrons. The first kappa shape index (κ1) is 13.8. The minimum absolute atomic E-state index is 0.642. The predicted molar refractivity (Wildman–Crippen MR) is 86.0 cm³/mol. The van der Waals surface area contributed by atoms with Crippen LogP contribution >= 0.6 is 0 Å². The van der Waals surface area contributed by atoms with Gasteiger partial charge in [0, 0.05) is 18.3 Å². The zero-order chi connectivity index (χ0) is 14.7. The molecule has 0 saturated carbocycles. The molecule has 4 heteroatoms. The molecule has 0 fully saturated rings. The second kappa shape index (κ2) is 6.06. The molecule has 0 atom stereocenters.